The van der Waals surface area contributed by atoms with Crippen LogP contribution in [0.25, 0.3) is 0 Å². The van der Waals surface area contributed by atoms with Crippen LogP contribution in [0.3, 0.4) is 0 Å². The van der Waals surface area contributed by atoms with Crippen LogP contribution in [0, 0.1) is 5.21 Å². The standard InChI is InChI=1S/C13H9F3N2O3/c14-13(15,16)9-6-7-17(21)11(8-9)18(12(19)20)10-4-2-1-3-5-10/h1-8H,(H,19,20). The zero-order valence-electron chi connectivity index (χ0n) is 10.4. The van der Waals surface area contributed by atoms with Crippen LogP contribution in [-0.2, 0) is 6.18 Å². The van der Waals surface area contributed by atoms with Crippen LogP contribution in [0.5, 0.6) is 0 Å². The van der Waals surface area contributed by atoms with Crippen molar-refractivity contribution in [2.24, 2.45) is 0 Å². The summed E-state index contributed by atoms with van der Waals surface area (Å²) in [5.41, 5.74) is -1.04. The topological polar surface area (TPSA) is 67.5 Å². The molecule has 2 aromatic rings. The smallest absolute Gasteiger partial charge is 0.510 e. The fourth-order valence-corrected chi connectivity index (χ4v) is 1.73. The minimum atomic E-state index is -4.68. The lowest BCUT2D eigenvalue weighted by Crippen LogP contribution is -2.38. The van der Waals surface area contributed by atoms with Gasteiger partial charge < -0.3 is 10.3 Å². The van der Waals surface area contributed by atoms with Gasteiger partial charge in [0.1, 0.15) is 5.69 Å². The second-order valence-electron chi connectivity index (χ2n) is 4.05. The molecule has 2 rings (SSSR count). The van der Waals surface area contributed by atoms with E-state index in [1.165, 1.54) is 24.3 Å². The molecule has 0 radical (unpaired) electrons. The van der Waals surface area contributed by atoms with Crippen molar-refractivity contribution in [2.45, 2.75) is 6.18 Å². The average molecular weight is 298 g/mol. The van der Waals surface area contributed by atoms with Gasteiger partial charge in [0.2, 0.25) is 0 Å². The molecular formula is C13H9F3N2O3. The van der Waals surface area contributed by atoms with Crippen molar-refractivity contribution in [1.29, 1.82) is 0 Å². The van der Waals surface area contributed by atoms with Gasteiger partial charge >= 0.3 is 12.3 Å². The average Bonchev–Trinajstić information content (AvgIpc) is 2.40. The van der Waals surface area contributed by atoms with Crippen LogP contribution < -0.4 is 9.63 Å². The Morgan fingerprint density at radius 1 is 1.19 bits per heavy atom. The minimum absolute atomic E-state index is 0.0638. The molecule has 0 unspecified atom stereocenters. The van der Waals surface area contributed by atoms with E-state index in [9.17, 15) is 28.3 Å². The Kier molecular flexibility index (Phi) is 3.70. The molecule has 1 aromatic carbocycles. The van der Waals surface area contributed by atoms with E-state index in [2.05, 4.69) is 0 Å². The van der Waals surface area contributed by atoms with Crippen LogP contribution in [0.4, 0.5) is 29.5 Å². The van der Waals surface area contributed by atoms with Gasteiger partial charge in [-0.2, -0.15) is 18.0 Å². The molecule has 0 aliphatic rings. The molecule has 0 aliphatic carbocycles. The van der Waals surface area contributed by atoms with Crippen molar-refractivity contribution >= 4 is 17.6 Å². The molecule has 0 spiro atoms. The van der Waals surface area contributed by atoms with E-state index in [-0.39, 0.29) is 10.4 Å². The number of alkyl halides is 3. The van der Waals surface area contributed by atoms with Crippen molar-refractivity contribution in [3.8, 4) is 0 Å². The number of benzene rings is 1. The summed E-state index contributed by atoms with van der Waals surface area (Å²) in [6, 6.07) is 8.45. The summed E-state index contributed by atoms with van der Waals surface area (Å²) >= 11 is 0. The summed E-state index contributed by atoms with van der Waals surface area (Å²) in [7, 11) is 0. The maximum absolute atomic E-state index is 12.7. The van der Waals surface area contributed by atoms with E-state index < -0.39 is 23.7 Å². The highest BCUT2D eigenvalue weighted by Crippen LogP contribution is 2.32. The Morgan fingerprint density at radius 2 is 1.81 bits per heavy atom. The largest absolute Gasteiger partial charge is 0.711 e. The molecule has 0 bridgehead atoms. The highest BCUT2D eigenvalue weighted by Gasteiger charge is 2.35. The second-order valence-corrected chi connectivity index (χ2v) is 4.05. The van der Waals surface area contributed by atoms with E-state index in [1.807, 2.05) is 0 Å². The molecule has 0 aliphatic heterocycles. The van der Waals surface area contributed by atoms with Gasteiger partial charge in [-0.1, -0.05) is 18.2 Å². The Balaban J connectivity index is 2.59. The maximum atomic E-state index is 12.7. The Bertz CT molecular complexity index is 659. The van der Waals surface area contributed by atoms with Gasteiger partial charge in [-0.25, -0.2) is 4.73 Å². The van der Waals surface area contributed by atoms with Crippen molar-refractivity contribution < 1.29 is 27.8 Å². The van der Waals surface area contributed by atoms with Crippen LogP contribution >= 0.6 is 0 Å². The molecule has 1 N–H and O–H groups in total. The zero-order valence-corrected chi connectivity index (χ0v) is 10.4. The number of rotatable bonds is 2. The minimum Gasteiger partial charge on any atom is -0.711 e. The first-order valence-electron chi connectivity index (χ1n) is 5.69. The fourth-order valence-electron chi connectivity index (χ4n) is 1.73. The third kappa shape index (κ3) is 3.04. The van der Waals surface area contributed by atoms with Gasteiger partial charge in [-0.3, -0.25) is 0 Å². The summed E-state index contributed by atoms with van der Waals surface area (Å²) in [6.45, 7) is 0. The molecule has 110 valence electrons. The summed E-state index contributed by atoms with van der Waals surface area (Å²) in [6.07, 6.45) is -5.62. The molecule has 0 fully saturated rings. The number of para-hydroxylation sites is 1. The van der Waals surface area contributed by atoms with Gasteiger partial charge in [0, 0.05) is 6.07 Å². The number of carboxylic acid groups (broad SMARTS) is 1. The second kappa shape index (κ2) is 5.31. The molecule has 0 atom stereocenters. The summed E-state index contributed by atoms with van der Waals surface area (Å²) in [5.74, 6) is -0.650. The van der Waals surface area contributed by atoms with E-state index >= 15 is 0 Å². The molecule has 5 nitrogen and oxygen atoms in total. The first-order chi connectivity index (χ1) is 9.80. The molecule has 8 heteroatoms. The van der Waals surface area contributed by atoms with E-state index in [0.717, 1.165) is 0 Å². The van der Waals surface area contributed by atoms with E-state index in [4.69, 9.17) is 0 Å². The molecule has 1 amide bonds. The number of nitrogens with zero attached hydrogens (tertiary/aromatic N) is 2. The Hall–Kier alpha value is -2.77. The number of pyridine rings is 1. The highest BCUT2D eigenvalue weighted by atomic mass is 19.4. The zero-order chi connectivity index (χ0) is 15.6. The lowest BCUT2D eigenvalue weighted by Gasteiger charge is -2.17. The first-order valence-corrected chi connectivity index (χ1v) is 5.69. The molecule has 0 saturated heterocycles. The van der Waals surface area contributed by atoms with Gasteiger partial charge in [0.15, 0.2) is 0 Å². The number of carbonyl (C=O) groups is 1. The lowest BCUT2D eigenvalue weighted by atomic mass is 10.2. The highest BCUT2D eigenvalue weighted by molar-refractivity contribution is 5.92. The number of hydrogen-bond donors (Lipinski definition) is 1. The van der Waals surface area contributed by atoms with Crippen molar-refractivity contribution in [1.82, 2.24) is 0 Å². The monoisotopic (exact) mass is 298 g/mol. The summed E-state index contributed by atoms with van der Waals surface area (Å²) < 4.78 is 38.1. The molecule has 1 aromatic heterocycles. The van der Waals surface area contributed by atoms with Crippen molar-refractivity contribution in [3.63, 3.8) is 0 Å². The Morgan fingerprint density at radius 3 is 2.33 bits per heavy atom. The summed E-state index contributed by atoms with van der Waals surface area (Å²) in [5, 5.41) is 20.9. The fraction of sp³-hybridized carbons (Fsp3) is 0.0769. The van der Waals surface area contributed by atoms with Crippen LogP contribution in [0.2, 0.25) is 0 Å². The SMILES string of the molecule is O=C(O)N(c1ccccc1)c1cc(C(F)(F)F)cc[n+]1[O-]. The predicted molar refractivity (Wildman–Crippen MR) is 67.0 cm³/mol. The molecule has 21 heavy (non-hydrogen) atoms. The molecule has 0 saturated carbocycles. The molecule has 1 heterocycles. The Labute approximate surface area is 117 Å². The third-order valence-corrected chi connectivity index (χ3v) is 2.66. The number of amides is 1. The van der Waals surface area contributed by atoms with Gasteiger partial charge in [0.25, 0.3) is 5.82 Å². The van der Waals surface area contributed by atoms with E-state index in [1.54, 1.807) is 6.07 Å². The normalized spacial score (nSPS) is 11.2. The third-order valence-electron chi connectivity index (χ3n) is 2.66. The number of anilines is 2. The van der Waals surface area contributed by atoms with Crippen molar-refractivity contribution in [3.05, 3.63) is 59.4 Å². The number of aromatic nitrogens is 1. The van der Waals surface area contributed by atoms with Crippen LogP contribution in [0.15, 0.2) is 48.7 Å². The quantitative estimate of drug-likeness (QED) is 0.684. The van der Waals surface area contributed by atoms with Crippen molar-refractivity contribution in [2.75, 3.05) is 4.90 Å². The first kappa shape index (κ1) is 14.6. The van der Waals surface area contributed by atoms with Crippen LogP contribution in [0.1, 0.15) is 5.56 Å². The number of hydrogen-bond acceptors (Lipinski definition) is 2. The lowest BCUT2D eigenvalue weighted by molar-refractivity contribution is -0.591. The molecular weight excluding hydrogens is 289 g/mol. The predicted octanol–water partition coefficient (Wildman–Crippen LogP) is 3.15. The van der Waals surface area contributed by atoms with Gasteiger partial charge in [-0.15, -0.1) is 4.90 Å². The van der Waals surface area contributed by atoms with Crippen LogP contribution in [-0.4, -0.2) is 11.2 Å². The van der Waals surface area contributed by atoms with E-state index in [0.29, 0.717) is 23.2 Å². The summed E-state index contributed by atoms with van der Waals surface area (Å²) in [4.78, 5) is 11.8. The van der Waals surface area contributed by atoms with Gasteiger partial charge in [-0.05, 0) is 18.2 Å². The maximum Gasteiger partial charge on any atom is 0.510 e. The van der Waals surface area contributed by atoms with Gasteiger partial charge in [0.05, 0.1) is 11.8 Å². The number of halogens is 3.